The number of sulfonamides is 2. The summed E-state index contributed by atoms with van der Waals surface area (Å²) in [7, 11) is -4.34. The van der Waals surface area contributed by atoms with Crippen LogP contribution >= 0.6 is 15.9 Å². The van der Waals surface area contributed by atoms with Gasteiger partial charge in [0.1, 0.15) is 4.90 Å². The van der Waals surface area contributed by atoms with E-state index >= 15 is 0 Å². The molecule has 0 bridgehead atoms. The Balaban J connectivity index is 2.05. The molecule has 25 heavy (non-hydrogen) atoms. The molecule has 9 heteroatoms. The minimum absolute atomic E-state index is 0.163. The largest absolute Gasteiger partial charge is 0.266 e. The topological polar surface area (TPSA) is 74.8 Å². The van der Waals surface area contributed by atoms with E-state index < -0.39 is 20.0 Å². The van der Waals surface area contributed by atoms with Crippen LogP contribution in [0.25, 0.3) is 0 Å². The summed E-state index contributed by atoms with van der Waals surface area (Å²) in [4.78, 5) is 0.351. The molecule has 0 fully saturated rings. The Morgan fingerprint density at radius 3 is 2.36 bits per heavy atom. The predicted molar refractivity (Wildman–Crippen MR) is 99.7 cm³/mol. The fourth-order valence-corrected chi connectivity index (χ4v) is 6.16. The molecule has 0 radical (unpaired) electrons. The van der Waals surface area contributed by atoms with E-state index in [1.807, 2.05) is 0 Å². The van der Waals surface area contributed by atoms with Gasteiger partial charge in [-0.05, 0) is 58.2 Å². The maximum Gasteiger partial charge on any atom is 0.265 e. The molecule has 0 saturated carbocycles. The molecule has 134 valence electrons. The Hall–Kier alpha value is -1.42. The molecule has 3 rings (SSSR count). The standard InChI is InChI=1S/C16H17BrN2O4S2/c1-18(2)24(20,21)13-7-8-15-12(11-13)9-10-19(15)25(22,23)16-6-4-3-5-14(16)17/h3-8,11H,9-10H2,1-2H3. The van der Waals surface area contributed by atoms with Crippen molar-refractivity contribution in [1.29, 1.82) is 0 Å². The third kappa shape index (κ3) is 3.10. The quantitative estimate of drug-likeness (QED) is 0.725. The summed E-state index contributed by atoms with van der Waals surface area (Å²) in [6.45, 7) is 0.282. The molecule has 0 atom stereocenters. The zero-order valence-corrected chi connectivity index (χ0v) is 16.9. The molecule has 1 aliphatic heterocycles. The summed E-state index contributed by atoms with van der Waals surface area (Å²) < 4.78 is 53.4. The number of anilines is 1. The van der Waals surface area contributed by atoms with E-state index in [9.17, 15) is 16.8 Å². The zero-order valence-electron chi connectivity index (χ0n) is 13.7. The number of fused-ring (bicyclic) bond motifs is 1. The lowest BCUT2D eigenvalue weighted by Gasteiger charge is -2.20. The van der Waals surface area contributed by atoms with Crippen LogP contribution < -0.4 is 4.31 Å². The van der Waals surface area contributed by atoms with E-state index in [1.54, 1.807) is 36.4 Å². The van der Waals surface area contributed by atoms with E-state index in [4.69, 9.17) is 0 Å². The third-order valence-electron chi connectivity index (χ3n) is 4.09. The first-order valence-corrected chi connectivity index (χ1v) is 11.2. The molecule has 0 aromatic heterocycles. The molecule has 2 aromatic rings. The molecule has 0 amide bonds. The van der Waals surface area contributed by atoms with E-state index in [0.717, 1.165) is 4.31 Å². The van der Waals surface area contributed by atoms with Gasteiger partial charge >= 0.3 is 0 Å². The van der Waals surface area contributed by atoms with Gasteiger partial charge in [-0.2, -0.15) is 0 Å². The van der Waals surface area contributed by atoms with Crippen LogP contribution in [0.3, 0.4) is 0 Å². The number of hydrogen-bond donors (Lipinski definition) is 0. The molecule has 0 unspecified atom stereocenters. The van der Waals surface area contributed by atoms with Crippen molar-refractivity contribution in [1.82, 2.24) is 4.31 Å². The molecule has 0 N–H and O–H groups in total. The Morgan fingerprint density at radius 1 is 1.04 bits per heavy atom. The van der Waals surface area contributed by atoms with E-state index in [-0.39, 0.29) is 16.3 Å². The lowest BCUT2D eigenvalue weighted by Crippen LogP contribution is -2.29. The van der Waals surface area contributed by atoms with Crippen LogP contribution in [0.5, 0.6) is 0 Å². The summed E-state index contributed by atoms with van der Waals surface area (Å²) in [6, 6.07) is 11.2. The summed E-state index contributed by atoms with van der Waals surface area (Å²) in [5.41, 5.74) is 1.23. The second-order valence-electron chi connectivity index (χ2n) is 5.84. The van der Waals surface area contributed by atoms with Gasteiger partial charge in [0.2, 0.25) is 10.0 Å². The fraction of sp³-hybridized carbons (Fsp3) is 0.250. The minimum atomic E-state index is -3.72. The average Bonchev–Trinajstić information content (AvgIpc) is 2.98. The van der Waals surface area contributed by atoms with Gasteiger partial charge in [0, 0.05) is 25.1 Å². The lowest BCUT2D eigenvalue weighted by molar-refractivity contribution is 0.520. The van der Waals surface area contributed by atoms with Crippen LogP contribution in [-0.2, 0) is 26.5 Å². The van der Waals surface area contributed by atoms with Crippen LogP contribution in [0, 0.1) is 0 Å². The summed E-state index contributed by atoms with van der Waals surface area (Å²) in [6.07, 6.45) is 0.468. The third-order valence-corrected chi connectivity index (χ3v) is 8.72. The van der Waals surface area contributed by atoms with Crippen molar-refractivity contribution >= 4 is 41.7 Å². The van der Waals surface area contributed by atoms with Gasteiger partial charge in [-0.15, -0.1) is 0 Å². The highest BCUT2D eigenvalue weighted by atomic mass is 79.9. The molecule has 6 nitrogen and oxygen atoms in total. The van der Waals surface area contributed by atoms with Gasteiger partial charge in [0.25, 0.3) is 10.0 Å². The minimum Gasteiger partial charge on any atom is -0.266 e. The Kier molecular flexibility index (Phi) is 4.69. The number of halogens is 1. The second kappa shape index (κ2) is 6.39. The van der Waals surface area contributed by atoms with Gasteiger partial charge in [0.15, 0.2) is 0 Å². The van der Waals surface area contributed by atoms with Crippen LogP contribution in [0.15, 0.2) is 56.7 Å². The predicted octanol–water partition coefficient (Wildman–Crippen LogP) is 2.45. The van der Waals surface area contributed by atoms with Gasteiger partial charge in [0.05, 0.1) is 10.6 Å². The normalized spacial score (nSPS) is 14.8. The highest BCUT2D eigenvalue weighted by Gasteiger charge is 2.33. The first-order chi connectivity index (χ1) is 11.7. The molecule has 0 saturated heterocycles. The van der Waals surface area contributed by atoms with Crippen LogP contribution in [0.2, 0.25) is 0 Å². The molecule has 1 heterocycles. The van der Waals surface area contributed by atoms with Crippen LogP contribution in [-0.4, -0.2) is 41.8 Å². The zero-order chi connectivity index (χ0) is 18.4. The maximum absolute atomic E-state index is 13.0. The molecular weight excluding hydrogens is 428 g/mol. The Morgan fingerprint density at radius 2 is 1.72 bits per heavy atom. The first-order valence-electron chi connectivity index (χ1n) is 7.48. The van der Waals surface area contributed by atoms with Crippen LogP contribution in [0.1, 0.15) is 5.56 Å². The van der Waals surface area contributed by atoms with Crippen molar-refractivity contribution in [2.45, 2.75) is 16.2 Å². The molecule has 0 spiro atoms. The summed E-state index contributed by atoms with van der Waals surface area (Å²) in [5.74, 6) is 0. The average molecular weight is 445 g/mol. The SMILES string of the molecule is CN(C)S(=O)(=O)c1ccc2c(c1)CCN2S(=O)(=O)c1ccccc1Br. The van der Waals surface area contributed by atoms with Gasteiger partial charge in [-0.1, -0.05) is 12.1 Å². The lowest BCUT2D eigenvalue weighted by atomic mass is 10.2. The Bertz CT molecular complexity index is 1030. The maximum atomic E-state index is 13.0. The smallest absolute Gasteiger partial charge is 0.265 e. The van der Waals surface area contributed by atoms with Crippen molar-refractivity contribution in [3.05, 3.63) is 52.5 Å². The van der Waals surface area contributed by atoms with E-state index in [1.165, 1.54) is 24.5 Å². The van der Waals surface area contributed by atoms with Gasteiger partial charge in [-0.25, -0.2) is 21.1 Å². The van der Waals surface area contributed by atoms with Gasteiger partial charge < -0.3 is 0 Å². The fourth-order valence-electron chi connectivity index (χ4n) is 2.74. The highest BCUT2D eigenvalue weighted by Crippen LogP contribution is 2.36. The summed E-state index contributed by atoms with van der Waals surface area (Å²) >= 11 is 3.28. The van der Waals surface area contributed by atoms with Crippen LogP contribution in [0.4, 0.5) is 5.69 Å². The number of hydrogen-bond acceptors (Lipinski definition) is 4. The molecule has 2 aromatic carbocycles. The monoisotopic (exact) mass is 444 g/mol. The molecule has 0 aliphatic carbocycles. The highest BCUT2D eigenvalue weighted by molar-refractivity contribution is 9.10. The number of nitrogens with zero attached hydrogens (tertiary/aromatic N) is 2. The second-order valence-corrected chi connectivity index (χ2v) is 10.7. The number of benzene rings is 2. The summed E-state index contributed by atoms with van der Waals surface area (Å²) in [5, 5.41) is 0. The van der Waals surface area contributed by atoms with Crippen molar-refractivity contribution < 1.29 is 16.8 Å². The molecular formula is C16H17BrN2O4S2. The van der Waals surface area contributed by atoms with Gasteiger partial charge in [-0.3, -0.25) is 4.31 Å². The van der Waals surface area contributed by atoms with Crippen molar-refractivity contribution in [3.63, 3.8) is 0 Å². The van der Waals surface area contributed by atoms with Crippen molar-refractivity contribution in [3.8, 4) is 0 Å². The Labute approximate surface area is 156 Å². The first kappa shape index (κ1) is 18.4. The van der Waals surface area contributed by atoms with E-state index in [0.29, 0.717) is 22.1 Å². The molecule has 1 aliphatic rings. The van der Waals surface area contributed by atoms with E-state index in [2.05, 4.69) is 15.9 Å². The van der Waals surface area contributed by atoms with Crippen molar-refractivity contribution in [2.24, 2.45) is 0 Å². The number of rotatable bonds is 4. The van der Waals surface area contributed by atoms with Crippen molar-refractivity contribution in [2.75, 3.05) is 24.9 Å².